The number of ether oxygens (including phenoxy) is 2. The second-order valence-corrected chi connectivity index (χ2v) is 9.80. The predicted octanol–water partition coefficient (Wildman–Crippen LogP) is 2.93. The second kappa shape index (κ2) is 8.83. The van der Waals surface area contributed by atoms with Crippen molar-refractivity contribution in [1.82, 2.24) is 9.62 Å². The number of halogens is 1. The highest BCUT2D eigenvalue weighted by atomic mass is 35.5. The first-order valence-electron chi connectivity index (χ1n) is 9.80. The van der Waals surface area contributed by atoms with Crippen molar-refractivity contribution in [2.75, 3.05) is 19.9 Å². The maximum absolute atomic E-state index is 12.7. The van der Waals surface area contributed by atoms with Crippen LogP contribution in [-0.2, 0) is 27.1 Å². The van der Waals surface area contributed by atoms with Crippen molar-refractivity contribution < 1.29 is 22.7 Å². The van der Waals surface area contributed by atoms with Gasteiger partial charge in [0.15, 0.2) is 11.5 Å². The molecule has 30 heavy (non-hydrogen) atoms. The van der Waals surface area contributed by atoms with E-state index < -0.39 is 10.0 Å². The standard InChI is InChI=1S/C21H23ClN2O5S/c22-18-4-2-1-3-17(18)13-30(26,27)24-9-7-16(8-10-24)21(25)23-12-15-5-6-19-20(11-15)29-14-28-19/h1-6,11,16H,7-10,12-14H2,(H,23,25). The highest BCUT2D eigenvalue weighted by molar-refractivity contribution is 7.88. The fourth-order valence-electron chi connectivity index (χ4n) is 3.68. The number of fused-ring (bicyclic) bond motifs is 1. The van der Waals surface area contributed by atoms with Crippen LogP contribution < -0.4 is 14.8 Å². The average molecular weight is 451 g/mol. The minimum Gasteiger partial charge on any atom is -0.454 e. The third-order valence-electron chi connectivity index (χ3n) is 5.42. The molecule has 0 spiro atoms. The summed E-state index contributed by atoms with van der Waals surface area (Å²) >= 11 is 6.10. The smallest absolute Gasteiger partial charge is 0.231 e. The van der Waals surface area contributed by atoms with Gasteiger partial charge in [-0.05, 0) is 42.2 Å². The van der Waals surface area contributed by atoms with Crippen molar-refractivity contribution in [3.63, 3.8) is 0 Å². The zero-order chi connectivity index (χ0) is 21.1. The Morgan fingerprint density at radius 2 is 1.83 bits per heavy atom. The van der Waals surface area contributed by atoms with Crippen LogP contribution in [0.2, 0.25) is 5.02 Å². The van der Waals surface area contributed by atoms with Crippen LogP contribution in [-0.4, -0.2) is 38.5 Å². The maximum Gasteiger partial charge on any atom is 0.231 e. The summed E-state index contributed by atoms with van der Waals surface area (Å²) in [6.07, 6.45) is 0.990. The molecule has 2 aromatic rings. The van der Waals surface area contributed by atoms with E-state index in [0.29, 0.717) is 54.6 Å². The van der Waals surface area contributed by atoms with Gasteiger partial charge in [-0.2, -0.15) is 0 Å². The minimum atomic E-state index is -3.48. The SMILES string of the molecule is O=C(NCc1ccc2c(c1)OCO2)C1CCN(S(=O)(=O)Cc2ccccc2Cl)CC1. The number of sulfonamides is 1. The fourth-order valence-corrected chi connectivity index (χ4v) is 5.56. The molecule has 2 aliphatic rings. The molecule has 2 heterocycles. The lowest BCUT2D eigenvalue weighted by atomic mass is 9.97. The van der Waals surface area contributed by atoms with Gasteiger partial charge in [0.2, 0.25) is 22.7 Å². The van der Waals surface area contributed by atoms with Crippen molar-refractivity contribution in [1.29, 1.82) is 0 Å². The summed E-state index contributed by atoms with van der Waals surface area (Å²) in [5.74, 6) is 0.990. The Hall–Kier alpha value is -2.29. The van der Waals surface area contributed by atoms with E-state index in [1.807, 2.05) is 18.2 Å². The lowest BCUT2D eigenvalue weighted by Gasteiger charge is -2.30. The molecule has 0 aliphatic carbocycles. The van der Waals surface area contributed by atoms with E-state index >= 15 is 0 Å². The van der Waals surface area contributed by atoms with Gasteiger partial charge in [0.1, 0.15) is 0 Å². The van der Waals surface area contributed by atoms with Gasteiger partial charge >= 0.3 is 0 Å². The molecule has 1 N–H and O–H groups in total. The van der Waals surface area contributed by atoms with Gasteiger partial charge in [-0.3, -0.25) is 4.79 Å². The fraction of sp³-hybridized carbons (Fsp3) is 0.381. The zero-order valence-corrected chi connectivity index (χ0v) is 17.9. The molecule has 7 nitrogen and oxygen atoms in total. The van der Waals surface area contributed by atoms with E-state index in [1.165, 1.54) is 4.31 Å². The van der Waals surface area contributed by atoms with Crippen molar-refractivity contribution in [2.45, 2.75) is 25.1 Å². The Balaban J connectivity index is 1.28. The summed E-state index contributed by atoms with van der Waals surface area (Å²) in [6, 6.07) is 12.5. The van der Waals surface area contributed by atoms with Crippen molar-refractivity contribution in [3.05, 3.63) is 58.6 Å². The van der Waals surface area contributed by atoms with Crippen LogP contribution in [0.25, 0.3) is 0 Å². The number of nitrogens with zero attached hydrogens (tertiary/aromatic N) is 1. The molecule has 1 amide bonds. The number of nitrogens with one attached hydrogen (secondary N) is 1. The van der Waals surface area contributed by atoms with E-state index in [2.05, 4.69) is 5.32 Å². The monoisotopic (exact) mass is 450 g/mol. The van der Waals surface area contributed by atoms with Crippen LogP contribution in [0.1, 0.15) is 24.0 Å². The van der Waals surface area contributed by atoms with Gasteiger partial charge in [0.05, 0.1) is 5.75 Å². The van der Waals surface area contributed by atoms with Crippen molar-refractivity contribution >= 4 is 27.5 Å². The lowest BCUT2D eigenvalue weighted by Crippen LogP contribution is -2.43. The van der Waals surface area contributed by atoms with Gasteiger partial charge < -0.3 is 14.8 Å². The summed E-state index contributed by atoms with van der Waals surface area (Å²) < 4.78 is 37.6. The first kappa shape index (κ1) is 21.0. The van der Waals surface area contributed by atoms with Crippen LogP contribution in [0.4, 0.5) is 0 Å². The normalized spacial score (nSPS) is 17.1. The topological polar surface area (TPSA) is 84.9 Å². The summed E-state index contributed by atoms with van der Waals surface area (Å²) in [6.45, 7) is 1.26. The molecule has 0 unspecified atom stereocenters. The molecule has 0 bridgehead atoms. The van der Waals surface area contributed by atoms with Gasteiger partial charge in [-0.25, -0.2) is 12.7 Å². The van der Waals surface area contributed by atoms with Gasteiger partial charge in [0.25, 0.3) is 0 Å². The molecular weight excluding hydrogens is 428 g/mol. The predicted molar refractivity (Wildman–Crippen MR) is 113 cm³/mol. The number of piperidine rings is 1. The first-order valence-corrected chi connectivity index (χ1v) is 11.8. The number of carbonyl (C=O) groups is 1. The van der Waals surface area contributed by atoms with E-state index in [4.69, 9.17) is 21.1 Å². The Labute approximate surface area is 181 Å². The quantitative estimate of drug-likeness (QED) is 0.731. The summed E-state index contributed by atoms with van der Waals surface area (Å²) in [4.78, 5) is 12.5. The summed E-state index contributed by atoms with van der Waals surface area (Å²) in [5, 5.41) is 3.38. The zero-order valence-electron chi connectivity index (χ0n) is 16.3. The minimum absolute atomic E-state index is 0.0594. The van der Waals surface area contributed by atoms with Crippen LogP contribution >= 0.6 is 11.6 Å². The van der Waals surface area contributed by atoms with E-state index in [0.717, 1.165) is 5.56 Å². The third kappa shape index (κ3) is 4.71. The molecule has 0 aromatic heterocycles. The second-order valence-electron chi connectivity index (χ2n) is 7.43. The van der Waals surface area contributed by atoms with Gasteiger partial charge in [-0.15, -0.1) is 0 Å². The number of hydrogen-bond donors (Lipinski definition) is 1. The molecule has 2 aromatic carbocycles. The Morgan fingerprint density at radius 1 is 1.10 bits per heavy atom. The molecular formula is C21H23ClN2O5S. The molecule has 0 saturated carbocycles. The molecule has 4 rings (SSSR count). The van der Waals surface area contributed by atoms with Crippen LogP contribution in [0.15, 0.2) is 42.5 Å². The van der Waals surface area contributed by atoms with Gasteiger partial charge in [0, 0.05) is 30.6 Å². The number of carbonyl (C=O) groups excluding carboxylic acids is 1. The van der Waals surface area contributed by atoms with Crippen LogP contribution in [0.5, 0.6) is 11.5 Å². The first-order chi connectivity index (χ1) is 14.4. The lowest BCUT2D eigenvalue weighted by molar-refractivity contribution is -0.126. The Morgan fingerprint density at radius 3 is 2.60 bits per heavy atom. The average Bonchev–Trinajstić information content (AvgIpc) is 3.21. The molecule has 9 heteroatoms. The third-order valence-corrected chi connectivity index (χ3v) is 7.61. The summed E-state index contributed by atoms with van der Waals surface area (Å²) in [7, 11) is -3.48. The number of amides is 1. The molecule has 2 aliphatic heterocycles. The van der Waals surface area contributed by atoms with Crippen molar-refractivity contribution in [2.24, 2.45) is 5.92 Å². The van der Waals surface area contributed by atoms with E-state index in [9.17, 15) is 13.2 Å². The Kier molecular flexibility index (Phi) is 6.17. The van der Waals surface area contributed by atoms with E-state index in [-0.39, 0.29) is 24.4 Å². The molecule has 0 atom stereocenters. The van der Waals surface area contributed by atoms with Crippen molar-refractivity contribution in [3.8, 4) is 11.5 Å². The van der Waals surface area contributed by atoms with E-state index in [1.54, 1.807) is 24.3 Å². The van der Waals surface area contributed by atoms with Crippen LogP contribution in [0.3, 0.4) is 0 Å². The van der Waals surface area contributed by atoms with Gasteiger partial charge in [-0.1, -0.05) is 35.9 Å². The molecule has 1 fully saturated rings. The number of benzene rings is 2. The maximum atomic E-state index is 12.7. The number of hydrogen-bond acceptors (Lipinski definition) is 5. The summed E-state index contributed by atoms with van der Waals surface area (Å²) in [5.41, 5.74) is 1.51. The Bertz CT molecular complexity index is 1040. The molecule has 160 valence electrons. The molecule has 0 radical (unpaired) electrons. The molecule has 1 saturated heterocycles. The highest BCUT2D eigenvalue weighted by Crippen LogP contribution is 2.32. The number of rotatable bonds is 6. The highest BCUT2D eigenvalue weighted by Gasteiger charge is 2.31. The van der Waals surface area contributed by atoms with Crippen LogP contribution in [0, 0.1) is 5.92 Å². The largest absolute Gasteiger partial charge is 0.454 e.